The molecule has 0 N–H and O–H groups in total. The van der Waals surface area contributed by atoms with E-state index < -0.39 is 0 Å². The first-order chi connectivity index (χ1) is 7.70. The molecule has 1 atom stereocenters. The summed E-state index contributed by atoms with van der Waals surface area (Å²) < 4.78 is 4.68. The van der Waals surface area contributed by atoms with Crippen LogP contribution in [0.3, 0.4) is 0 Å². The second-order valence-corrected chi connectivity index (χ2v) is 5.43. The third-order valence-corrected chi connectivity index (χ3v) is 4.37. The Morgan fingerprint density at radius 2 is 2.25 bits per heavy atom. The van der Waals surface area contributed by atoms with Crippen molar-refractivity contribution < 1.29 is 9.53 Å². The first kappa shape index (κ1) is 11.6. The molecule has 2 rings (SSSR count). The summed E-state index contributed by atoms with van der Waals surface area (Å²) in [4.78, 5) is 17.3. The molecule has 1 aliphatic rings. The topological polar surface area (TPSA) is 39.2 Å². The summed E-state index contributed by atoms with van der Waals surface area (Å²) in [5, 5.41) is 1.09. The van der Waals surface area contributed by atoms with E-state index >= 15 is 0 Å². The molecule has 0 bridgehead atoms. The lowest BCUT2D eigenvalue weighted by molar-refractivity contribution is -0.140. The van der Waals surface area contributed by atoms with Crippen LogP contribution in [0.25, 0.3) is 0 Å². The molecule has 0 spiro atoms. The fourth-order valence-electron chi connectivity index (χ4n) is 2.00. The summed E-state index contributed by atoms with van der Waals surface area (Å²) in [6, 6.07) is 0. The maximum atomic E-state index is 11.2. The highest BCUT2D eigenvalue weighted by molar-refractivity contribution is 7.11. The number of esters is 1. The molecule has 0 aromatic carbocycles. The van der Waals surface area contributed by atoms with Crippen LogP contribution in [0.15, 0.2) is 0 Å². The molecule has 88 valence electrons. The van der Waals surface area contributed by atoms with Crippen molar-refractivity contribution in [2.75, 3.05) is 7.11 Å². The molecule has 1 aromatic heterocycles. The minimum atomic E-state index is -0.152. The monoisotopic (exact) mass is 239 g/mol. The highest BCUT2D eigenvalue weighted by atomic mass is 32.1. The third-order valence-electron chi connectivity index (χ3n) is 2.98. The Labute approximate surface area is 99.8 Å². The normalized spacial score (nSPS) is 16.6. The lowest BCUT2D eigenvalue weighted by Gasteiger charge is -2.06. The number of carbonyl (C=O) groups is 1. The van der Waals surface area contributed by atoms with Gasteiger partial charge in [-0.15, -0.1) is 11.3 Å². The van der Waals surface area contributed by atoms with Crippen LogP contribution in [0.5, 0.6) is 0 Å². The van der Waals surface area contributed by atoms with E-state index in [1.165, 1.54) is 30.5 Å². The minimum absolute atomic E-state index is 0.152. The Hall–Kier alpha value is -0.900. The Morgan fingerprint density at radius 1 is 1.50 bits per heavy atom. The number of hydrogen-bond acceptors (Lipinski definition) is 4. The van der Waals surface area contributed by atoms with Crippen LogP contribution in [0.2, 0.25) is 0 Å². The third kappa shape index (κ3) is 2.43. The number of nitrogens with zero attached hydrogens (tertiary/aromatic N) is 1. The quantitative estimate of drug-likeness (QED) is 0.761. The highest BCUT2D eigenvalue weighted by Gasteiger charge is 2.20. The molecule has 0 fully saturated rings. The summed E-state index contributed by atoms with van der Waals surface area (Å²) in [6.45, 7) is 2.04. The van der Waals surface area contributed by atoms with Gasteiger partial charge in [-0.2, -0.15) is 0 Å². The molecule has 1 aliphatic carbocycles. The van der Waals surface area contributed by atoms with Crippen LogP contribution in [0.4, 0.5) is 0 Å². The van der Waals surface area contributed by atoms with Crippen molar-refractivity contribution in [3.05, 3.63) is 15.6 Å². The average Bonchev–Trinajstić information content (AvgIpc) is 2.72. The molecular formula is C12H17NO2S. The van der Waals surface area contributed by atoms with Gasteiger partial charge in [-0.25, -0.2) is 4.98 Å². The second kappa shape index (κ2) is 4.95. The van der Waals surface area contributed by atoms with Crippen molar-refractivity contribution in [2.24, 2.45) is 0 Å². The van der Waals surface area contributed by atoms with E-state index in [1.807, 2.05) is 6.92 Å². The van der Waals surface area contributed by atoms with Gasteiger partial charge in [-0.05, 0) is 25.7 Å². The number of thiazole rings is 1. The van der Waals surface area contributed by atoms with Crippen LogP contribution < -0.4 is 0 Å². The SMILES string of the molecule is COC(=O)CC(C)c1nc2c(s1)CCCC2. The lowest BCUT2D eigenvalue weighted by Crippen LogP contribution is -2.06. The second-order valence-electron chi connectivity index (χ2n) is 4.31. The molecule has 4 heteroatoms. The number of aryl methyl sites for hydroxylation is 2. The summed E-state index contributed by atoms with van der Waals surface area (Å²) in [7, 11) is 1.43. The molecule has 0 saturated heterocycles. The number of rotatable bonds is 3. The zero-order valence-corrected chi connectivity index (χ0v) is 10.6. The number of fused-ring (bicyclic) bond motifs is 1. The molecule has 1 aromatic rings. The fraction of sp³-hybridized carbons (Fsp3) is 0.667. The summed E-state index contributed by atoms with van der Waals surface area (Å²) in [6.07, 6.45) is 5.24. The van der Waals surface area contributed by atoms with Crippen molar-refractivity contribution in [2.45, 2.75) is 44.9 Å². The van der Waals surface area contributed by atoms with Gasteiger partial charge >= 0.3 is 5.97 Å². The van der Waals surface area contributed by atoms with Crippen molar-refractivity contribution >= 4 is 17.3 Å². The van der Waals surface area contributed by atoms with Gasteiger partial charge in [0.1, 0.15) is 0 Å². The lowest BCUT2D eigenvalue weighted by atomic mass is 10.0. The van der Waals surface area contributed by atoms with Crippen LogP contribution in [-0.4, -0.2) is 18.1 Å². The van der Waals surface area contributed by atoms with Gasteiger partial charge in [0.15, 0.2) is 0 Å². The molecule has 0 radical (unpaired) electrons. The van der Waals surface area contributed by atoms with Crippen molar-refractivity contribution in [1.82, 2.24) is 4.98 Å². The molecular weight excluding hydrogens is 222 g/mol. The Morgan fingerprint density at radius 3 is 2.94 bits per heavy atom. The van der Waals surface area contributed by atoms with Gasteiger partial charge in [0, 0.05) is 10.8 Å². The summed E-state index contributed by atoms with van der Waals surface area (Å²) >= 11 is 1.78. The van der Waals surface area contributed by atoms with Crippen molar-refractivity contribution in [3.8, 4) is 0 Å². The number of aromatic nitrogens is 1. The average molecular weight is 239 g/mol. The van der Waals surface area contributed by atoms with E-state index in [0.29, 0.717) is 6.42 Å². The first-order valence-electron chi connectivity index (χ1n) is 5.76. The van der Waals surface area contributed by atoms with E-state index in [0.717, 1.165) is 17.8 Å². The van der Waals surface area contributed by atoms with Gasteiger partial charge in [-0.1, -0.05) is 6.92 Å². The first-order valence-corrected chi connectivity index (χ1v) is 6.57. The van der Waals surface area contributed by atoms with Crippen LogP contribution in [-0.2, 0) is 22.4 Å². The zero-order chi connectivity index (χ0) is 11.5. The molecule has 3 nitrogen and oxygen atoms in total. The predicted octanol–water partition coefficient (Wildman–Crippen LogP) is 2.69. The van der Waals surface area contributed by atoms with Gasteiger partial charge in [-0.3, -0.25) is 4.79 Å². The summed E-state index contributed by atoms with van der Waals surface area (Å²) in [5.41, 5.74) is 1.27. The van der Waals surface area contributed by atoms with Crippen molar-refractivity contribution in [1.29, 1.82) is 0 Å². The standard InChI is InChI=1S/C12H17NO2S/c1-8(7-11(14)15-2)12-13-9-5-3-4-6-10(9)16-12/h8H,3-7H2,1-2H3. The highest BCUT2D eigenvalue weighted by Crippen LogP contribution is 2.31. The number of methoxy groups -OCH3 is 1. The Kier molecular flexibility index (Phi) is 3.59. The van der Waals surface area contributed by atoms with E-state index in [9.17, 15) is 4.79 Å². The van der Waals surface area contributed by atoms with Crippen LogP contribution >= 0.6 is 11.3 Å². The van der Waals surface area contributed by atoms with Crippen LogP contribution in [0, 0.1) is 0 Å². The number of ether oxygens (including phenoxy) is 1. The van der Waals surface area contributed by atoms with E-state index in [4.69, 9.17) is 0 Å². The summed E-state index contributed by atoms with van der Waals surface area (Å²) in [5.74, 6) is 0.0312. The maximum Gasteiger partial charge on any atom is 0.306 e. The molecule has 16 heavy (non-hydrogen) atoms. The Bertz CT molecular complexity index is 363. The number of carbonyl (C=O) groups excluding carboxylic acids is 1. The van der Waals surface area contributed by atoms with Crippen molar-refractivity contribution in [3.63, 3.8) is 0 Å². The van der Waals surface area contributed by atoms with Gasteiger partial charge in [0.25, 0.3) is 0 Å². The van der Waals surface area contributed by atoms with Gasteiger partial charge in [0.05, 0.1) is 24.2 Å². The molecule has 0 amide bonds. The van der Waals surface area contributed by atoms with E-state index in [2.05, 4.69) is 9.72 Å². The smallest absolute Gasteiger partial charge is 0.306 e. The van der Waals surface area contributed by atoms with Crippen LogP contribution in [0.1, 0.15) is 47.7 Å². The Balaban J connectivity index is 2.08. The largest absolute Gasteiger partial charge is 0.469 e. The zero-order valence-electron chi connectivity index (χ0n) is 9.78. The number of hydrogen-bond donors (Lipinski definition) is 0. The minimum Gasteiger partial charge on any atom is -0.469 e. The molecule has 0 aliphatic heterocycles. The fourth-order valence-corrected chi connectivity index (χ4v) is 3.21. The molecule has 1 heterocycles. The molecule has 1 unspecified atom stereocenters. The van der Waals surface area contributed by atoms with Gasteiger partial charge < -0.3 is 4.74 Å². The van der Waals surface area contributed by atoms with Gasteiger partial charge in [0.2, 0.25) is 0 Å². The van der Waals surface area contributed by atoms with E-state index in [-0.39, 0.29) is 11.9 Å². The van der Waals surface area contributed by atoms with E-state index in [1.54, 1.807) is 11.3 Å². The molecule has 0 saturated carbocycles. The maximum absolute atomic E-state index is 11.2. The predicted molar refractivity (Wildman–Crippen MR) is 63.8 cm³/mol.